The number of aromatic nitrogens is 1. The SMILES string of the molecule is COC(=O)c1ccc(CC(C)(C)CN)nc1. The molecule has 0 saturated heterocycles. The van der Waals surface area contributed by atoms with Gasteiger partial charge in [-0.25, -0.2) is 4.79 Å². The van der Waals surface area contributed by atoms with Gasteiger partial charge in [0.25, 0.3) is 0 Å². The van der Waals surface area contributed by atoms with Gasteiger partial charge in [-0.2, -0.15) is 0 Å². The highest BCUT2D eigenvalue weighted by Crippen LogP contribution is 2.18. The largest absolute Gasteiger partial charge is 0.465 e. The molecule has 0 amide bonds. The summed E-state index contributed by atoms with van der Waals surface area (Å²) in [6, 6.07) is 3.56. The second-order valence-corrected chi connectivity index (χ2v) is 4.57. The first-order valence-corrected chi connectivity index (χ1v) is 5.22. The summed E-state index contributed by atoms with van der Waals surface area (Å²) >= 11 is 0. The predicted octanol–water partition coefficient (Wildman–Crippen LogP) is 1.40. The van der Waals surface area contributed by atoms with Gasteiger partial charge in [-0.3, -0.25) is 4.98 Å². The summed E-state index contributed by atoms with van der Waals surface area (Å²) in [5.41, 5.74) is 7.08. The Bertz CT molecular complexity index is 358. The zero-order valence-electron chi connectivity index (χ0n) is 9.99. The van der Waals surface area contributed by atoms with Crippen LogP contribution in [0, 0.1) is 5.41 Å². The fraction of sp³-hybridized carbons (Fsp3) is 0.500. The van der Waals surface area contributed by atoms with Crippen LogP contribution in [0.1, 0.15) is 29.9 Å². The van der Waals surface area contributed by atoms with E-state index in [4.69, 9.17) is 5.73 Å². The number of hydrogen-bond donors (Lipinski definition) is 1. The molecule has 2 N–H and O–H groups in total. The molecule has 0 atom stereocenters. The van der Waals surface area contributed by atoms with Crippen molar-refractivity contribution in [1.82, 2.24) is 4.98 Å². The van der Waals surface area contributed by atoms with Crippen molar-refractivity contribution in [3.63, 3.8) is 0 Å². The van der Waals surface area contributed by atoms with Crippen LogP contribution in [0.25, 0.3) is 0 Å². The zero-order chi connectivity index (χ0) is 12.2. The first kappa shape index (κ1) is 12.6. The maximum atomic E-state index is 11.2. The molecule has 1 aromatic heterocycles. The highest BCUT2D eigenvalue weighted by Gasteiger charge is 2.17. The van der Waals surface area contributed by atoms with Gasteiger partial charge in [0.05, 0.1) is 12.7 Å². The summed E-state index contributed by atoms with van der Waals surface area (Å²) in [5, 5.41) is 0. The summed E-state index contributed by atoms with van der Waals surface area (Å²) in [6.07, 6.45) is 2.33. The van der Waals surface area contributed by atoms with Gasteiger partial charge in [0.1, 0.15) is 0 Å². The van der Waals surface area contributed by atoms with Gasteiger partial charge >= 0.3 is 5.97 Å². The summed E-state index contributed by atoms with van der Waals surface area (Å²) in [7, 11) is 1.35. The minimum Gasteiger partial charge on any atom is -0.465 e. The predicted molar refractivity (Wildman–Crippen MR) is 62.1 cm³/mol. The Morgan fingerprint density at radius 2 is 2.19 bits per heavy atom. The van der Waals surface area contributed by atoms with Crippen molar-refractivity contribution < 1.29 is 9.53 Å². The lowest BCUT2D eigenvalue weighted by Crippen LogP contribution is -2.26. The van der Waals surface area contributed by atoms with Gasteiger partial charge in [0.2, 0.25) is 0 Å². The van der Waals surface area contributed by atoms with E-state index in [1.165, 1.54) is 13.3 Å². The van der Waals surface area contributed by atoms with Crippen molar-refractivity contribution in [3.8, 4) is 0 Å². The number of nitrogens with zero attached hydrogens (tertiary/aromatic N) is 1. The van der Waals surface area contributed by atoms with E-state index < -0.39 is 0 Å². The zero-order valence-corrected chi connectivity index (χ0v) is 9.99. The van der Waals surface area contributed by atoms with Gasteiger partial charge in [0.15, 0.2) is 0 Å². The third-order valence-corrected chi connectivity index (χ3v) is 2.46. The molecular formula is C12H18N2O2. The van der Waals surface area contributed by atoms with E-state index in [9.17, 15) is 4.79 Å². The lowest BCUT2D eigenvalue weighted by molar-refractivity contribution is 0.0600. The van der Waals surface area contributed by atoms with Gasteiger partial charge in [0, 0.05) is 11.9 Å². The summed E-state index contributed by atoms with van der Waals surface area (Å²) in [5.74, 6) is -0.364. The van der Waals surface area contributed by atoms with Crippen LogP contribution in [-0.2, 0) is 11.2 Å². The topological polar surface area (TPSA) is 65.2 Å². The standard InChI is InChI=1S/C12H18N2O2/c1-12(2,8-13)6-10-5-4-9(7-14-10)11(15)16-3/h4-5,7H,6,8,13H2,1-3H3. The molecule has 0 unspecified atom stereocenters. The maximum Gasteiger partial charge on any atom is 0.339 e. The number of esters is 1. The molecule has 4 nitrogen and oxygen atoms in total. The Balaban J connectivity index is 2.76. The molecule has 88 valence electrons. The van der Waals surface area contributed by atoms with E-state index in [1.54, 1.807) is 6.07 Å². The van der Waals surface area contributed by atoms with Gasteiger partial charge in [-0.1, -0.05) is 13.8 Å². The third kappa shape index (κ3) is 3.31. The van der Waals surface area contributed by atoms with Crippen molar-refractivity contribution in [2.75, 3.05) is 13.7 Å². The van der Waals surface area contributed by atoms with Crippen LogP contribution in [0.15, 0.2) is 18.3 Å². The molecule has 0 aliphatic rings. The van der Waals surface area contributed by atoms with Crippen LogP contribution in [-0.4, -0.2) is 24.6 Å². The first-order chi connectivity index (χ1) is 7.48. The smallest absolute Gasteiger partial charge is 0.339 e. The Kier molecular flexibility index (Phi) is 4.01. The average molecular weight is 222 g/mol. The summed E-state index contributed by atoms with van der Waals surface area (Å²) < 4.78 is 4.60. The molecule has 0 radical (unpaired) electrons. The Labute approximate surface area is 95.8 Å². The summed E-state index contributed by atoms with van der Waals surface area (Å²) in [4.78, 5) is 15.4. The van der Waals surface area contributed by atoms with E-state index in [2.05, 4.69) is 23.6 Å². The van der Waals surface area contributed by atoms with Crippen molar-refractivity contribution in [2.24, 2.45) is 11.1 Å². The van der Waals surface area contributed by atoms with E-state index in [1.807, 2.05) is 6.07 Å². The van der Waals surface area contributed by atoms with E-state index in [0.717, 1.165) is 12.1 Å². The molecule has 4 heteroatoms. The molecule has 1 rings (SSSR count). The second-order valence-electron chi connectivity index (χ2n) is 4.57. The normalized spacial score (nSPS) is 11.2. The monoisotopic (exact) mass is 222 g/mol. The van der Waals surface area contributed by atoms with E-state index in [0.29, 0.717) is 12.1 Å². The molecule has 0 aliphatic carbocycles. The quantitative estimate of drug-likeness (QED) is 0.782. The molecule has 0 saturated carbocycles. The molecule has 0 aromatic carbocycles. The minimum atomic E-state index is -0.364. The molecule has 0 aliphatic heterocycles. The lowest BCUT2D eigenvalue weighted by atomic mass is 9.88. The molecule has 0 fully saturated rings. The highest BCUT2D eigenvalue weighted by molar-refractivity contribution is 5.88. The molecular weight excluding hydrogens is 204 g/mol. The van der Waals surface area contributed by atoms with Crippen LogP contribution in [0.5, 0.6) is 0 Å². The highest BCUT2D eigenvalue weighted by atomic mass is 16.5. The molecule has 1 aromatic rings. The second kappa shape index (κ2) is 5.07. The van der Waals surface area contributed by atoms with E-state index >= 15 is 0 Å². The minimum absolute atomic E-state index is 0.0276. The van der Waals surface area contributed by atoms with Crippen LogP contribution in [0.2, 0.25) is 0 Å². The Morgan fingerprint density at radius 3 is 2.62 bits per heavy atom. The van der Waals surface area contributed by atoms with Crippen LogP contribution in [0.3, 0.4) is 0 Å². The van der Waals surface area contributed by atoms with Gasteiger partial charge < -0.3 is 10.5 Å². The average Bonchev–Trinajstić information content (AvgIpc) is 2.28. The van der Waals surface area contributed by atoms with Crippen LogP contribution in [0.4, 0.5) is 0 Å². The van der Waals surface area contributed by atoms with Crippen LogP contribution < -0.4 is 5.73 Å². The number of carbonyl (C=O) groups is 1. The van der Waals surface area contributed by atoms with Crippen molar-refractivity contribution in [2.45, 2.75) is 20.3 Å². The Hall–Kier alpha value is -1.42. The maximum absolute atomic E-state index is 11.2. The Morgan fingerprint density at radius 1 is 1.50 bits per heavy atom. The lowest BCUT2D eigenvalue weighted by Gasteiger charge is -2.21. The number of methoxy groups -OCH3 is 1. The van der Waals surface area contributed by atoms with Crippen molar-refractivity contribution in [1.29, 1.82) is 0 Å². The third-order valence-electron chi connectivity index (χ3n) is 2.46. The number of ether oxygens (including phenoxy) is 1. The number of nitrogens with two attached hydrogens (primary N) is 1. The van der Waals surface area contributed by atoms with E-state index in [-0.39, 0.29) is 11.4 Å². The molecule has 0 bridgehead atoms. The molecule has 0 spiro atoms. The number of rotatable bonds is 4. The molecule has 1 heterocycles. The first-order valence-electron chi connectivity index (χ1n) is 5.22. The fourth-order valence-corrected chi connectivity index (χ4v) is 1.33. The summed E-state index contributed by atoms with van der Waals surface area (Å²) in [6.45, 7) is 4.78. The molecule has 16 heavy (non-hydrogen) atoms. The van der Waals surface area contributed by atoms with Crippen molar-refractivity contribution in [3.05, 3.63) is 29.6 Å². The van der Waals surface area contributed by atoms with Gasteiger partial charge in [-0.05, 0) is 30.5 Å². The van der Waals surface area contributed by atoms with Crippen LogP contribution >= 0.6 is 0 Å². The number of hydrogen-bond acceptors (Lipinski definition) is 4. The fourth-order valence-electron chi connectivity index (χ4n) is 1.33. The number of carbonyl (C=O) groups excluding carboxylic acids is 1. The van der Waals surface area contributed by atoms with Gasteiger partial charge in [-0.15, -0.1) is 0 Å². The van der Waals surface area contributed by atoms with Crippen molar-refractivity contribution >= 4 is 5.97 Å². The number of pyridine rings is 1.